The summed E-state index contributed by atoms with van der Waals surface area (Å²) in [5.74, 6) is 0.630. The first-order chi connectivity index (χ1) is 9.60. The normalized spacial score (nSPS) is 17.1. The van der Waals surface area contributed by atoms with Crippen LogP contribution in [-0.4, -0.2) is 38.2 Å². The van der Waals surface area contributed by atoms with Crippen molar-refractivity contribution in [3.8, 4) is 5.75 Å². The van der Waals surface area contributed by atoms with Crippen molar-refractivity contribution in [3.63, 3.8) is 0 Å². The van der Waals surface area contributed by atoms with E-state index in [4.69, 9.17) is 10.5 Å². The molecule has 0 amide bonds. The van der Waals surface area contributed by atoms with Crippen LogP contribution in [-0.2, 0) is 0 Å². The SMILES string of the molecule is COc1cc(NCCN2CCC(C)CC2)c(N)cc1F. The average molecular weight is 281 g/mol. The molecule has 0 bridgehead atoms. The minimum Gasteiger partial charge on any atom is -0.494 e. The summed E-state index contributed by atoms with van der Waals surface area (Å²) in [5.41, 5.74) is 6.95. The van der Waals surface area contributed by atoms with Gasteiger partial charge >= 0.3 is 0 Å². The highest BCUT2D eigenvalue weighted by Gasteiger charge is 2.15. The summed E-state index contributed by atoms with van der Waals surface area (Å²) < 4.78 is 18.4. The summed E-state index contributed by atoms with van der Waals surface area (Å²) in [5, 5.41) is 3.26. The van der Waals surface area contributed by atoms with Crippen molar-refractivity contribution in [2.24, 2.45) is 5.92 Å². The molecule has 112 valence electrons. The maximum Gasteiger partial charge on any atom is 0.167 e. The van der Waals surface area contributed by atoms with E-state index in [0.717, 1.165) is 37.8 Å². The summed E-state index contributed by atoms with van der Waals surface area (Å²) in [6, 6.07) is 2.91. The van der Waals surface area contributed by atoms with Crippen LogP contribution in [0, 0.1) is 11.7 Å². The maximum atomic E-state index is 13.4. The monoisotopic (exact) mass is 281 g/mol. The molecule has 0 unspecified atom stereocenters. The highest BCUT2D eigenvalue weighted by Crippen LogP contribution is 2.27. The topological polar surface area (TPSA) is 50.5 Å². The lowest BCUT2D eigenvalue weighted by Crippen LogP contribution is -2.36. The second-order valence-corrected chi connectivity index (χ2v) is 5.52. The smallest absolute Gasteiger partial charge is 0.167 e. The first-order valence-corrected chi connectivity index (χ1v) is 7.19. The largest absolute Gasteiger partial charge is 0.494 e. The lowest BCUT2D eigenvalue weighted by molar-refractivity contribution is 0.199. The number of hydrogen-bond donors (Lipinski definition) is 2. The van der Waals surface area contributed by atoms with E-state index in [1.54, 1.807) is 6.07 Å². The minimum atomic E-state index is -0.430. The number of ether oxygens (including phenoxy) is 1. The molecule has 0 spiro atoms. The molecule has 1 aromatic carbocycles. The van der Waals surface area contributed by atoms with Crippen LogP contribution in [0.15, 0.2) is 12.1 Å². The summed E-state index contributed by atoms with van der Waals surface area (Å²) in [6.07, 6.45) is 2.54. The van der Waals surface area contributed by atoms with Gasteiger partial charge in [0.05, 0.1) is 18.5 Å². The van der Waals surface area contributed by atoms with Crippen molar-refractivity contribution in [1.82, 2.24) is 4.90 Å². The Morgan fingerprint density at radius 1 is 1.40 bits per heavy atom. The van der Waals surface area contributed by atoms with E-state index in [0.29, 0.717) is 5.69 Å². The molecule has 0 aliphatic carbocycles. The highest BCUT2D eigenvalue weighted by atomic mass is 19.1. The van der Waals surface area contributed by atoms with Crippen LogP contribution in [0.2, 0.25) is 0 Å². The lowest BCUT2D eigenvalue weighted by atomic mass is 9.99. The van der Waals surface area contributed by atoms with Crippen LogP contribution in [0.1, 0.15) is 19.8 Å². The van der Waals surface area contributed by atoms with Crippen LogP contribution >= 0.6 is 0 Å². The van der Waals surface area contributed by atoms with Crippen molar-refractivity contribution in [2.75, 3.05) is 44.3 Å². The van der Waals surface area contributed by atoms with Gasteiger partial charge in [-0.1, -0.05) is 6.92 Å². The number of rotatable bonds is 5. The number of anilines is 2. The summed E-state index contributed by atoms with van der Waals surface area (Å²) in [4.78, 5) is 2.45. The third-order valence-corrected chi connectivity index (χ3v) is 3.94. The maximum absolute atomic E-state index is 13.4. The van der Waals surface area contributed by atoms with Gasteiger partial charge in [0.1, 0.15) is 0 Å². The summed E-state index contributed by atoms with van der Waals surface area (Å²) in [6.45, 7) is 6.40. The van der Waals surface area contributed by atoms with E-state index in [1.165, 1.54) is 26.0 Å². The number of likely N-dealkylation sites (tertiary alicyclic amines) is 1. The van der Waals surface area contributed by atoms with Crippen LogP contribution in [0.4, 0.5) is 15.8 Å². The number of nitrogen functional groups attached to an aromatic ring is 1. The van der Waals surface area contributed by atoms with Crippen molar-refractivity contribution in [2.45, 2.75) is 19.8 Å². The van der Waals surface area contributed by atoms with Crippen LogP contribution in [0.5, 0.6) is 5.75 Å². The summed E-state index contributed by atoms with van der Waals surface area (Å²) in [7, 11) is 1.45. The fourth-order valence-corrected chi connectivity index (χ4v) is 2.51. The van der Waals surface area contributed by atoms with Crippen molar-refractivity contribution >= 4 is 11.4 Å². The standard InChI is InChI=1S/C15H24FN3O/c1-11-3-6-19(7-4-11)8-5-18-14-10-15(20-2)12(16)9-13(14)17/h9-11,18H,3-8,17H2,1-2H3. The Morgan fingerprint density at radius 2 is 2.10 bits per heavy atom. The van der Waals surface area contributed by atoms with Crippen molar-refractivity contribution < 1.29 is 9.13 Å². The van der Waals surface area contributed by atoms with Gasteiger partial charge in [0.25, 0.3) is 0 Å². The molecule has 3 N–H and O–H groups in total. The number of benzene rings is 1. The van der Waals surface area contributed by atoms with Gasteiger partial charge in [0, 0.05) is 25.2 Å². The first kappa shape index (κ1) is 14.9. The zero-order valence-corrected chi connectivity index (χ0v) is 12.3. The molecule has 1 fully saturated rings. The molecular formula is C15H24FN3O. The predicted molar refractivity (Wildman–Crippen MR) is 80.7 cm³/mol. The van der Waals surface area contributed by atoms with Crippen molar-refractivity contribution in [3.05, 3.63) is 17.9 Å². The number of nitrogens with zero attached hydrogens (tertiary/aromatic N) is 1. The summed E-state index contributed by atoms with van der Waals surface area (Å²) >= 11 is 0. The molecule has 0 atom stereocenters. The van der Waals surface area contributed by atoms with Gasteiger partial charge < -0.3 is 20.7 Å². The molecule has 1 aliphatic rings. The number of halogens is 1. The number of hydrogen-bond acceptors (Lipinski definition) is 4. The van der Waals surface area contributed by atoms with Crippen molar-refractivity contribution in [1.29, 1.82) is 0 Å². The van der Waals surface area contributed by atoms with Gasteiger partial charge in [0.2, 0.25) is 0 Å². The van der Waals surface area contributed by atoms with E-state index in [2.05, 4.69) is 17.1 Å². The Balaban J connectivity index is 1.85. The molecule has 20 heavy (non-hydrogen) atoms. The third-order valence-electron chi connectivity index (χ3n) is 3.94. The molecule has 0 saturated carbocycles. The Bertz CT molecular complexity index is 445. The molecular weight excluding hydrogens is 257 g/mol. The van der Waals surface area contributed by atoms with Gasteiger partial charge in [-0.15, -0.1) is 0 Å². The van der Waals surface area contributed by atoms with Crippen LogP contribution in [0.3, 0.4) is 0 Å². The molecule has 4 nitrogen and oxygen atoms in total. The van der Waals surface area contributed by atoms with Crippen LogP contribution < -0.4 is 15.8 Å². The zero-order valence-electron chi connectivity index (χ0n) is 12.3. The minimum absolute atomic E-state index is 0.216. The van der Waals surface area contributed by atoms with E-state index in [1.807, 2.05) is 0 Å². The number of methoxy groups -OCH3 is 1. The quantitative estimate of drug-likeness (QED) is 0.814. The van der Waals surface area contributed by atoms with Gasteiger partial charge in [-0.25, -0.2) is 4.39 Å². The lowest BCUT2D eigenvalue weighted by Gasteiger charge is -2.30. The third kappa shape index (κ3) is 3.76. The molecule has 1 aliphatic heterocycles. The van der Waals surface area contributed by atoms with Gasteiger partial charge in [-0.2, -0.15) is 0 Å². The van der Waals surface area contributed by atoms with E-state index >= 15 is 0 Å². The van der Waals surface area contributed by atoms with E-state index < -0.39 is 5.82 Å². The van der Waals surface area contributed by atoms with Gasteiger partial charge in [0.15, 0.2) is 11.6 Å². The second-order valence-electron chi connectivity index (χ2n) is 5.52. The fourth-order valence-electron chi connectivity index (χ4n) is 2.51. The molecule has 2 rings (SSSR count). The number of piperidine rings is 1. The van der Waals surface area contributed by atoms with Gasteiger partial charge in [-0.05, 0) is 31.8 Å². The number of nitrogens with two attached hydrogens (primary N) is 1. The zero-order chi connectivity index (χ0) is 14.5. The molecule has 1 aromatic rings. The van der Waals surface area contributed by atoms with Gasteiger partial charge in [-0.3, -0.25) is 0 Å². The molecule has 0 aromatic heterocycles. The fraction of sp³-hybridized carbons (Fsp3) is 0.600. The Morgan fingerprint density at radius 3 is 2.75 bits per heavy atom. The Hall–Kier alpha value is -1.49. The Kier molecular flexibility index (Phi) is 5.06. The highest BCUT2D eigenvalue weighted by molar-refractivity contribution is 5.68. The first-order valence-electron chi connectivity index (χ1n) is 7.19. The molecule has 5 heteroatoms. The molecule has 1 saturated heterocycles. The predicted octanol–water partition coefficient (Wildman–Crippen LogP) is 2.56. The second kappa shape index (κ2) is 6.79. The molecule has 0 radical (unpaired) electrons. The Labute approximate surface area is 120 Å². The number of nitrogens with one attached hydrogen (secondary N) is 1. The molecule has 1 heterocycles. The van der Waals surface area contributed by atoms with E-state index in [-0.39, 0.29) is 5.75 Å². The van der Waals surface area contributed by atoms with E-state index in [9.17, 15) is 4.39 Å². The van der Waals surface area contributed by atoms with Crippen LogP contribution in [0.25, 0.3) is 0 Å². The average Bonchev–Trinajstić information content (AvgIpc) is 2.43.